The molecule has 6 nitrogen and oxygen atoms in total. The Labute approximate surface area is 184 Å². The number of hydrogen-bond acceptors (Lipinski definition) is 6. The standard InChI is InChI=1S/C25H32N2O4/c28-17-25(15-19-4-2-1-3-5-19)16-27(13-10-24(25)29)20-8-11-26(12-9-20)21-6-7-22-23(14-21)31-18-30-22/h1-7,14,20,24,28-29H,8-13,15-18H2/t24-,25+/m0/s1. The van der Waals surface area contributed by atoms with E-state index in [2.05, 4.69) is 34.1 Å². The lowest BCUT2D eigenvalue weighted by molar-refractivity contribution is -0.0863. The van der Waals surface area contributed by atoms with Crippen molar-refractivity contribution < 1.29 is 19.7 Å². The minimum Gasteiger partial charge on any atom is -0.454 e. The van der Waals surface area contributed by atoms with Gasteiger partial charge in [0.05, 0.1) is 12.7 Å². The third-order valence-electron chi connectivity index (χ3n) is 7.33. The Morgan fingerprint density at radius 2 is 1.71 bits per heavy atom. The number of piperidine rings is 2. The Balaban J connectivity index is 1.24. The first-order valence-electron chi connectivity index (χ1n) is 11.4. The van der Waals surface area contributed by atoms with E-state index in [9.17, 15) is 10.2 Å². The molecule has 2 fully saturated rings. The molecule has 5 rings (SSSR count). The van der Waals surface area contributed by atoms with E-state index in [1.807, 2.05) is 24.3 Å². The average molecular weight is 425 g/mol. The van der Waals surface area contributed by atoms with Crippen LogP contribution in [0, 0.1) is 5.41 Å². The maximum atomic E-state index is 10.8. The second-order valence-electron chi connectivity index (χ2n) is 9.21. The third-order valence-corrected chi connectivity index (χ3v) is 7.33. The molecule has 0 amide bonds. The first-order valence-corrected chi connectivity index (χ1v) is 11.4. The lowest BCUT2D eigenvalue weighted by atomic mass is 9.73. The summed E-state index contributed by atoms with van der Waals surface area (Å²) in [6.45, 7) is 3.94. The van der Waals surface area contributed by atoms with Gasteiger partial charge in [0.25, 0.3) is 0 Å². The molecule has 0 bridgehead atoms. The number of nitrogens with zero attached hydrogens (tertiary/aromatic N) is 2. The molecule has 0 aliphatic carbocycles. The summed E-state index contributed by atoms with van der Waals surface area (Å²) >= 11 is 0. The van der Waals surface area contributed by atoms with Crippen LogP contribution in [-0.2, 0) is 6.42 Å². The number of benzene rings is 2. The van der Waals surface area contributed by atoms with E-state index < -0.39 is 11.5 Å². The molecule has 0 aromatic heterocycles. The number of aliphatic hydroxyl groups excluding tert-OH is 2. The highest BCUT2D eigenvalue weighted by Crippen LogP contribution is 2.38. The van der Waals surface area contributed by atoms with E-state index in [0.717, 1.165) is 56.9 Å². The zero-order chi connectivity index (χ0) is 21.3. The summed E-state index contributed by atoms with van der Waals surface area (Å²) in [4.78, 5) is 4.93. The van der Waals surface area contributed by atoms with Gasteiger partial charge in [-0.05, 0) is 43.4 Å². The highest BCUT2D eigenvalue weighted by molar-refractivity contribution is 5.57. The molecule has 31 heavy (non-hydrogen) atoms. The van der Waals surface area contributed by atoms with E-state index in [1.54, 1.807) is 0 Å². The van der Waals surface area contributed by atoms with Gasteiger partial charge in [0, 0.05) is 49.4 Å². The van der Waals surface area contributed by atoms with E-state index in [0.29, 0.717) is 19.3 Å². The summed E-state index contributed by atoms with van der Waals surface area (Å²) in [5, 5.41) is 21.2. The third kappa shape index (κ3) is 4.12. The minimum atomic E-state index is -0.492. The second-order valence-corrected chi connectivity index (χ2v) is 9.21. The van der Waals surface area contributed by atoms with Crippen LogP contribution in [0.15, 0.2) is 48.5 Å². The molecule has 0 saturated carbocycles. The van der Waals surface area contributed by atoms with Crippen molar-refractivity contribution in [2.75, 3.05) is 44.5 Å². The Bertz CT molecular complexity index is 884. The Kier molecular flexibility index (Phi) is 5.78. The topological polar surface area (TPSA) is 65.4 Å². The average Bonchev–Trinajstić information content (AvgIpc) is 3.29. The number of anilines is 1. The molecule has 2 atom stereocenters. The largest absolute Gasteiger partial charge is 0.454 e. The van der Waals surface area contributed by atoms with Crippen LogP contribution in [0.4, 0.5) is 5.69 Å². The molecule has 3 heterocycles. The van der Waals surface area contributed by atoms with E-state index in [1.165, 1.54) is 11.3 Å². The van der Waals surface area contributed by atoms with Crippen molar-refractivity contribution in [2.24, 2.45) is 5.41 Å². The van der Waals surface area contributed by atoms with Crippen LogP contribution in [0.1, 0.15) is 24.8 Å². The minimum absolute atomic E-state index is 0.00953. The predicted molar refractivity (Wildman–Crippen MR) is 120 cm³/mol. The van der Waals surface area contributed by atoms with Crippen molar-refractivity contribution in [3.05, 3.63) is 54.1 Å². The maximum Gasteiger partial charge on any atom is 0.231 e. The number of likely N-dealkylation sites (tertiary alicyclic amines) is 1. The molecule has 2 saturated heterocycles. The molecule has 2 aromatic carbocycles. The lowest BCUT2D eigenvalue weighted by Crippen LogP contribution is -2.58. The van der Waals surface area contributed by atoms with Gasteiger partial charge in [0.1, 0.15) is 0 Å². The van der Waals surface area contributed by atoms with Gasteiger partial charge in [-0.1, -0.05) is 30.3 Å². The second kappa shape index (κ2) is 8.69. The van der Waals surface area contributed by atoms with Crippen molar-refractivity contribution in [3.8, 4) is 11.5 Å². The predicted octanol–water partition coefficient (Wildman–Crippen LogP) is 2.67. The molecule has 0 radical (unpaired) electrons. The van der Waals surface area contributed by atoms with Gasteiger partial charge in [0.15, 0.2) is 11.5 Å². The monoisotopic (exact) mass is 424 g/mol. The highest BCUT2D eigenvalue weighted by atomic mass is 16.7. The van der Waals surface area contributed by atoms with Crippen LogP contribution >= 0.6 is 0 Å². The summed E-state index contributed by atoms with van der Waals surface area (Å²) in [7, 11) is 0. The number of fused-ring (bicyclic) bond motifs is 1. The number of aliphatic hydroxyl groups is 2. The Morgan fingerprint density at radius 3 is 2.48 bits per heavy atom. The van der Waals surface area contributed by atoms with Crippen molar-refractivity contribution >= 4 is 5.69 Å². The van der Waals surface area contributed by atoms with Gasteiger partial charge >= 0.3 is 0 Å². The molecule has 3 aliphatic rings. The summed E-state index contributed by atoms with van der Waals surface area (Å²) in [5.74, 6) is 1.66. The normalized spacial score (nSPS) is 26.9. The Hall–Kier alpha value is -2.28. The van der Waals surface area contributed by atoms with Crippen LogP contribution in [0.25, 0.3) is 0 Å². The fourth-order valence-corrected chi connectivity index (χ4v) is 5.45. The first kappa shape index (κ1) is 20.6. The molecular weight excluding hydrogens is 392 g/mol. The molecule has 166 valence electrons. The number of ether oxygens (including phenoxy) is 2. The van der Waals surface area contributed by atoms with Crippen LogP contribution in [0.3, 0.4) is 0 Å². The molecule has 3 aliphatic heterocycles. The van der Waals surface area contributed by atoms with E-state index in [4.69, 9.17) is 9.47 Å². The molecular formula is C25H32N2O4. The van der Waals surface area contributed by atoms with Gasteiger partial charge in [-0.15, -0.1) is 0 Å². The number of rotatable bonds is 5. The van der Waals surface area contributed by atoms with Gasteiger partial charge in [-0.25, -0.2) is 0 Å². The van der Waals surface area contributed by atoms with Crippen LogP contribution in [-0.4, -0.2) is 66.8 Å². The molecule has 6 heteroatoms. The lowest BCUT2D eigenvalue weighted by Gasteiger charge is -2.49. The van der Waals surface area contributed by atoms with Crippen LogP contribution < -0.4 is 14.4 Å². The quantitative estimate of drug-likeness (QED) is 0.770. The zero-order valence-electron chi connectivity index (χ0n) is 17.9. The zero-order valence-corrected chi connectivity index (χ0v) is 17.9. The fraction of sp³-hybridized carbons (Fsp3) is 0.520. The van der Waals surface area contributed by atoms with Gasteiger partial charge < -0.3 is 24.6 Å². The summed E-state index contributed by atoms with van der Waals surface area (Å²) in [5.41, 5.74) is 1.87. The number of hydrogen-bond donors (Lipinski definition) is 2. The van der Waals surface area contributed by atoms with Crippen molar-refractivity contribution in [2.45, 2.75) is 37.8 Å². The van der Waals surface area contributed by atoms with Gasteiger partial charge in [-0.2, -0.15) is 0 Å². The summed E-state index contributed by atoms with van der Waals surface area (Å²) in [6.07, 6.45) is 3.12. The molecule has 2 N–H and O–H groups in total. The Morgan fingerprint density at radius 1 is 0.935 bits per heavy atom. The first-order chi connectivity index (χ1) is 15.2. The smallest absolute Gasteiger partial charge is 0.231 e. The summed E-state index contributed by atoms with van der Waals surface area (Å²) in [6, 6.07) is 16.9. The van der Waals surface area contributed by atoms with Crippen molar-refractivity contribution in [1.82, 2.24) is 4.90 Å². The van der Waals surface area contributed by atoms with E-state index in [-0.39, 0.29) is 6.61 Å². The summed E-state index contributed by atoms with van der Waals surface area (Å²) < 4.78 is 11.0. The molecule has 0 spiro atoms. The molecule has 2 aromatic rings. The van der Waals surface area contributed by atoms with Crippen LogP contribution in [0.5, 0.6) is 11.5 Å². The van der Waals surface area contributed by atoms with Gasteiger partial charge in [0.2, 0.25) is 6.79 Å². The van der Waals surface area contributed by atoms with E-state index >= 15 is 0 Å². The van der Waals surface area contributed by atoms with Crippen molar-refractivity contribution in [3.63, 3.8) is 0 Å². The maximum absolute atomic E-state index is 10.8. The highest BCUT2D eigenvalue weighted by Gasteiger charge is 2.44. The molecule has 0 unspecified atom stereocenters. The van der Waals surface area contributed by atoms with Gasteiger partial charge in [-0.3, -0.25) is 4.90 Å². The van der Waals surface area contributed by atoms with Crippen molar-refractivity contribution in [1.29, 1.82) is 0 Å². The SMILES string of the molecule is OC[C@@]1(Cc2ccccc2)CN(C2CCN(c3ccc4c(c3)OCO4)CC2)CC[C@@H]1O. The fourth-order valence-electron chi connectivity index (χ4n) is 5.45. The van der Waals surface area contributed by atoms with Crippen LogP contribution in [0.2, 0.25) is 0 Å².